The van der Waals surface area contributed by atoms with E-state index < -0.39 is 5.97 Å². The molecule has 4 rings (SSSR count). The summed E-state index contributed by atoms with van der Waals surface area (Å²) < 4.78 is 0. The van der Waals surface area contributed by atoms with Crippen molar-refractivity contribution in [3.63, 3.8) is 0 Å². The summed E-state index contributed by atoms with van der Waals surface area (Å²) in [5, 5.41) is 9.53. The van der Waals surface area contributed by atoms with E-state index in [0.29, 0.717) is 17.9 Å². The van der Waals surface area contributed by atoms with Crippen molar-refractivity contribution in [2.45, 2.75) is 45.2 Å². The minimum absolute atomic E-state index is 0.246. The molecule has 3 atom stereocenters. The molecule has 0 amide bonds. The van der Waals surface area contributed by atoms with Crippen LogP contribution in [-0.2, 0) is 4.79 Å². The fourth-order valence-electron chi connectivity index (χ4n) is 4.57. The van der Waals surface area contributed by atoms with Gasteiger partial charge in [-0.3, -0.25) is 14.6 Å². The fraction of sp³-hybridized carbons (Fsp3) is 0.933. The van der Waals surface area contributed by atoms with E-state index in [1.165, 1.54) is 25.9 Å². The Morgan fingerprint density at radius 2 is 2.00 bits per heavy atom. The number of carbonyl (C=O) groups is 1. The number of carboxylic acid groups (broad SMARTS) is 1. The van der Waals surface area contributed by atoms with Crippen molar-refractivity contribution in [1.29, 1.82) is 0 Å². The number of hydrogen-bond acceptors (Lipinski definition) is 3. The van der Waals surface area contributed by atoms with Crippen LogP contribution in [0.3, 0.4) is 0 Å². The maximum absolute atomic E-state index is 11.6. The van der Waals surface area contributed by atoms with Crippen molar-refractivity contribution < 1.29 is 9.90 Å². The van der Waals surface area contributed by atoms with E-state index in [1.54, 1.807) is 0 Å². The van der Waals surface area contributed by atoms with Gasteiger partial charge in [-0.25, -0.2) is 0 Å². The van der Waals surface area contributed by atoms with Crippen LogP contribution in [0.15, 0.2) is 0 Å². The molecule has 19 heavy (non-hydrogen) atoms. The summed E-state index contributed by atoms with van der Waals surface area (Å²) >= 11 is 0. The summed E-state index contributed by atoms with van der Waals surface area (Å²) in [6.07, 6.45) is 3.45. The summed E-state index contributed by atoms with van der Waals surface area (Å²) in [5.74, 6) is 1.34. The van der Waals surface area contributed by atoms with Crippen molar-refractivity contribution in [2.75, 3.05) is 26.2 Å². The van der Waals surface area contributed by atoms with Crippen LogP contribution >= 0.6 is 0 Å². The van der Waals surface area contributed by atoms with Crippen LogP contribution in [0, 0.1) is 17.8 Å². The summed E-state index contributed by atoms with van der Waals surface area (Å²) in [4.78, 5) is 16.4. The molecule has 4 aliphatic heterocycles. The number of hydrogen-bond donors (Lipinski definition) is 1. The minimum Gasteiger partial charge on any atom is -0.480 e. The Bertz CT molecular complexity index is 350. The first-order valence-corrected chi connectivity index (χ1v) is 7.77. The number of fused-ring (bicyclic) bond motifs is 2. The quantitative estimate of drug-likeness (QED) is 0.841. The zero-order valence-corrected chi connectivity index (χ0v) is 12.1. The lowest BCUT2D eigenvalue weighted by Crippen LogP contribution is -2.65. The van der Waals surface area contributed by atoms with Crippen LogP contribution in [0.2, 0.25) is 0 Å². The molecule has 2 bridgehead atoms. The second-order valence-corrected chi connectivity index (χ2v) is 7.04. The lowest BCUT2D eigenvalue weighted by molar-refractivity contribution is -0.151. The standard InChI is InChI=1S/C15H26N2O2/c1-10(2)8-17-9-14-12(7-13(17)15(18)19)11-3-5-16(14)6-4-11/h10-14H,3-9H2,1-2H3,(H,18,19). The Hall–Kier alpha value is -0.610. The maximum Gasteiger partial charge on any atom is 0.320 e. The van der Waals surface area contributed by atoms with Gasteiger partial charge in [-0.2, -0.15) is 0 Å². The molecule has 4 fully saturated rings. The number of rotatable bonds is 3. The van der Waals surface area contributed by atoms with Crippen molar-refractivity contribution in [3.8, 4) is 0 Å². The van der Waals surface area contributed by atoms with Gasteiger partial charge in [0.2, 0.25) is 0 Å². The van der Waals surface area contributed by atoms with E-state index in [4.69, 9.17) is 0 Å². The summed E-state index contributed by atoms with van der Waals surface area (Å²) in [6.45, 7) is 8.71. The van der Waals surface area contributed by atoms with Crippen molar-refractivity contribution in [2.24, 2.45) is 17.8 Å². The van der Waals surface area contributed by atoms with Crippen LogP contribution in [0.1, 0.15) is 33.1 Å². The molecule has 0 saturated carbocycles. The highest BCUT2D eigenvalue weighted by Crippen LogP contribution is 2.43. The van der Waals surface area contributed by atoms with Crippen LogP contribution in [0.25, 0.3) is 0 Å². The number of likely N-dealkylation sites (tertiary alicyclic amines) is 1. The van der Waals surface area contributed by atoms with Gasteiger partial charge in [0.25, 0.3) is 0 Å². The van der Waals surface area contributed by atoms with Gasteiger partial charge in [0.15, 0.2) is 0 Å². The predicted molar refractivity (Wildman–Crippen MR) is 74.0 cm³/mol. The normalized spacial score (nSPS) is 42.4. The second kappa shape index (κ2) is 5.06. The van der Waals surface area contributed by atoms with Crippen LogP contribution in [-0.4, -0.2) is 59.1 Å². The smallest absolute Gasteiger partial charge is 0.320 e. The lowest BCUT2D eigenvalue weighted by Gasteiger charge is -2.56. The Balaban J connectivity index is 1.78. The largest absolute Gasteiger partial charge is 0.480 e. The molecule has 4 saturated heterocycles. The molecular weight excluding hydrogens is 240 g/mol. The molecule has 3 unspecified atom stereocenters. The molecule has 4 heteroatoms. The van der Waals surface area contributed by atoms with E-state index in [9.17, 15) is 9.90 Å². The summed E-state index contributed by atoms with van der Waals surface area (Å²) in [5.41, 5.74) is 0. The average molecular weight is 266 g/mol. The Morgan fingerprint density at radius 3 is 2.58 bits per heavy atom. The second-order valence-electron chi connectivity index (χ2n) is 7.04. The highest BCUT2D eigenvalue weighted by atomic mass is 16.4. The zero-order chi connectivity index (χ0) is 13.6. The summed E-state index contributed by atoms with van der Waals surface area (Å²) in [7, 11) is 0. The number of carboxylic acids is 1. The molecule has 0 aromatic rings. The monoisotopic (exact) mass is 266 g/mol. The lowest BCUT2D eigenvalue weighted by atomic mass is 9.69. The van der Waals surface area contributed by atoms with Crippen molar-refractivity contribution in [1.82, 2.24) is 9.80 Å². The molecular formula is C15H26N2O2. The van der Waals surface area contributed by atoms with Crippen molar-refractivity contribution in [3.05, 3.63) is 0 Å². The first-order chi connectivity index (χ1) is 9.06. The van der Waals surface area contributed by atoms with E-state index in [2.05, 4.69) is 23.6 Å². The molecule has 4 heterocycles. The topological polar surface area (TPSA) is 43.8 Å². The van der Waals surface area contributed by atoms with Gasteiger partial charge in [-0.1, -0.05) is 13.8 Å². The highest BCUT2D eigenvalue weighted by molar-refractivity contribution is 5.73. The predicted octanol–water partition coefficient (Wildman–Crippen LogP) is 1.51. The Morgan fingerprint density at radius 1 is 1.32 bits per heavy atom. The summed E-state index contributed by atoms with van der Waals surface area (Å²) in [6, 6.07) is 0.381. The number of piperidine rings is 4. The highest BCUT2D eigenvalue weighted by Gasteiger charge is 2.48. The third-order valence-corrected chi connectivity index (χ3v) is 5.39. The zero-order valence-electron chi connectivity index (χ0n) is 12.1. The Kier molecular flexibility index (Phi) is 3.56. The number of nitrogens with zero attached hydrogens (tertiary/aromatic N) is 2. The van der Waals surface area contributed by atoms with E-state index in [1.807, 2.05) is 0 Å². The third kappa shape index (κ3) is 2.40. The van der Waals surface area contributed by atoms with Gasteiger partial charge >= 0.3 is 5.97 Å². The van der Waals surface area contributed by atoms with Gasteiger partial charge in [-0.15, -0.1) is 0 Å². The molecule has 0 spiro atoms. The molecule has 0 aromatic heterocycles. The maximum atomic E-state index is 11.6. The van der Waals surface area contributed by atoms with Gasteiger partial charge in [0, 0.05) is 19.1 Å². The van der Waals surface area contributed by atoms with Crippen LogP contribution in [0.5, 0.6) is 0 Å². The average Bonchev–Trinajstić information content (AvgIpc) is 2.38. The first-order valence-electron chi connectivity index (χ1n) is 7.77. The molecule has 4 aliphatic rings. The Labute approximate surface area is 115 Å². The van der Waals surface area contributed by atoms with E-state index in [0.717, 1.165) is 25.4 Å². The molecule has 4 nitrogen and oxygen atoms in total. The fourth-order valence-corrected chi connectivity index (χ4v) is 4.57. The molecule has 0 aromatic carbocycles. The van der Waals surface area contributed by atoms with E-state index in [-0.39, 0.29) is 6.04 Å². The van der Waals surface area contributed by atoms with Crippen LogP contribution in [0.4, 0.5) is 0 Å². The van der Waals surface area contributed by atoms with Gasteiger partial charge < -0.3 is 5.11 Å². The minimum atomic E-state index is -0.615. The SMILES string of the molecule is CC(C)CN1CC2C(CC1C(=O)O)C1CCN2CC1. The third-order valence-electron chi connectivity index (χ3n) is 5.39. The van der Waals surface area contributed by atoms with Crippen LogP contribution < -0.4 is 0 Å². The first kappa shape index (κ1) is 13.4. The van der Waals surface area contributed by atoms with Gasteiger partial charge in [-0.05, 0) is 50.1 Å². The molecule has 0 radical (unpaired) electrons. The van der Waals surface area contributed by atoms with Gasteiger partial charge in [0.1, 0.15) is 6.04 Å². The molecule has 1 N–H and O–H groups in total. The van der Waals surface area contributed by atoms with E-state index >= 15 is 0 Å². The van der Waals surface area contributed by atoms with Gasteiger partial charge in [0.05, 0.1) is 0 Å². The number of aliphatic carboxylic acids is 1. The van der Waals surface area contributed by atoms with Crippen molar-refractivity contribution >= 4 is 5.97 Å². The molecule has 0 aliphatic carbocycles. The molecule has 108 valence electrons.